The van der Waals surface area contributed by atoms with Gasteiger partial charge in [0, 0.05) is 6.42 Å². The molecule has 4 amide bonds. The highest BCUT2D eigenvalue weighted by Gasteiger charge is 2.32. The Bertz CT molecular complexity index is 740. The van der Waals surface area contributed by atoms with Crippen molar-refractivity contribution in [2.45, 2.75) is 77.5 Å². The molecule has 0 aromatic heterocycles. The summed E-state index contributed by atoms with van der Waals surface area (Å²) >= 11 is 0. The minimum Gasteiger partial charge on any atom is -0.481 e. The molecule has 13 heteroatoms. The highest BCUT2D eigenvalue weighted by Crippen LogP contribution is 2.07. The summed E-state index contributed by atoms with van der Waals surface area (Å²) in [5.41, 5.74) is 11.0. The van der Waals surface area contributed by atoms with E-state index < -0.39 is 78.5 Å². The molecule has 0 rings (SSSR count). The highest BCUT2D eigenvalue weighted by atomic mass is 16.4. The van der Waals surface area contributed by atoms with Gasteiger partial charge in [-0.2, -0.15) is 0 Å². The maximum atomic E-state index is 12.8. The fraction of sp³-hybridized carbons (Fsp3) is 0.700. The van der Waals surface area contributed by atoms with Crippen molar-refractivity contribution in [1.29, 1.82) is 0 Å². The van der Waals surface area contributed by atoms with E-state index in [2.05, 4.69) is 16.0 Å². The lowest BCUT2D eigenvalue weighted by molar-refractivity contribution is -0.143. The van der Waals surface area contributed by atoms with Crippen LogP contribution in [0.4, 0.5) is 0 Å². The Hall–Kier alpha value is -3.22. The van der Waals surface area contributed by atoms with Crippen molar-refractivity contribution in [2.24, 2.45) is 23.3 Å². The first-order chi connectivity index (χ1) is 15.1. The minimum atomic E-state index is -1.54. The van der Waals surface area contributed by atoms with Crippen LogP contribution in [-0.2, 0) is 28.8 Å². The van der Waals surface area contributed by atoms with Crippen LogP contribution in [0.2, 0.25) is 0 Å². The third-order valence-electron chi connectivity index (χ3n) is 4.61. The van der Waals surface area contributed by atoms with Crippen LogP contribution in [0.1, 0.15) is 53.4 Å². The average molecular weight is 474 g/mol. The fourth-order valence-corrected chi connectivity index (χ4v) is 2.88. The number of nitrogens with one attached hydrogen (secondary N) is 3. The molecule has 13 nitrogen and oxygen atoms in total. The van der Waals surface area contributed by atoms with Gasteiger partial charge >= 0.3 is 11.9 Å². The standard InChI is InChI=1S/C20H35N5O8/c1-9(2)7-11(21)17(29)23-12(5-6-15(27)28)18(30)24-13(8-14(22)26)19(31)25-16(10(3)4)20(32)33/h9-13,16H,5-8,21H2,1-4H3,(H2,22,26)(H,23,29)(H,24,30)(H,25,31)(H,27,28)(H,32,33). The number of carbonyl (C=O) groups excluding carboxylic acids is 4. The molecule has 0 saturated carbocycles. The van der Waals surface area contributed by atoms with E-state index in [0.717, 1.165) is 0 Å². The normalized spacial score (nSPS) is 14.6. The summed E-state index contributed by atoms with van der Waals surface area (Å²) in [6.45, 7) is 6.80. The van der Waals surface area contributed by atoms with Crippen molar-refractivity contribution < 1.29 is 39.0 Å². The lowest BCUT2D eigenvalue weighted by Crippen LogP contribution is -2.58. The Morgan fingerprint density at radius 2 is 1.33 bits per heavy atom. The fourth-order valence-electron chi connectivity index (χ4n) is 2.88. The second-order valence-electron chi connectivity index (χ2n) is 8.53. The molecule has 0 aliphatic rings. The largest absolute Gasteiger partial charge is 0.481 e. The van der Waals surface area contributed by atoms with E-state index in [1.54, 1.807) is 13.8 Å². The summed E-state index contributed by atoms with van der Waals surface area (Å²) in [5, 5.41) is 25.1. The topological polar surface area (TPSA) is 231 Å². The molecular formula is C20H35N5O8. The summed E-state index contributed by atoms with van der Waals surface area (Å²) in [6.07, 6.45) is -1.11. The summed E-state index contributed by atoms with van der Waals surface area (Å²) in [5.74, 6) is -6.49. The molecule has 9 N–H and O–H groups in total. The van der Waals surface area contributed by atoms with Gasteiger partial charge in [-0.25, -0.2) is 4.79 Å². The lowest BCUT2D eigenvalue weighted by Gasteiger charge is -2.25. The highest BCUT2D eigenvalue weighted by molar-refractivity contribution is 5.96. The second kappa shape index (κ2) is 14.0. The van der Waals surface area contributed by atoms with E-state index in [1.807, 2.05) is 13.8 Å². The molecule has 0 radical (unpaired) electrons. The number of primary amides is 1. The van der Waals surface area contributed by atoms with E-state index in [1.165, 1.54) is 0 Å². The molecule has 0 fully saturated rings. The third kappa shape index (κ3) is 11.8. The minimum absolute atomic E-state index is 0.0869. The Morgan fingerprint density at radius 3 is 1.76 bits per heavy atom. The zero-order valence-corrected chi connectivity index (χ0v) is 19.3. The first-order valence-electron chi connectivity index (χ1n) is 10.5. The van der Waals surface area contributed by atoms with Crippen LogP contribution in [0, 0.1) is 11.8 Å². The average Bonchev–Trinajstić information content (AvgIpc) is 2.66. The lowest BCUT2D eigenvalue weighted by atomic mass is 10.0. The number of carboxylic acid groups (broad SMARTS) is 2. The SMILES string of the molecule is CC(C)CC(N)C(=O)NC(CCC(=O)O)C(=O)NC(CC(N)=O)C(=O)NC(C(=O)O)C(C)C. The molecule has 188 valence electrons. The van der Waals surface area contributed by atoms with Gasteiger partial charge in [-0.1, -0.05) is 27.7 Å². The van der Waals surface area contributed by atoms with Gasteiger partial charge in [-0.05, 0) is 24.7 Å². The predicted octanol–water partition coefficient (Wildman–Crippen LogP) is -1.70. The predicted molar refractivity (Wildman–Crippen MR) is 116 cm³/mol. The molecule has 0 saturated heterocycles. The molecule has 0 aromatic rings. The molecule has 0 bridgehead atoms. The Labute approximate surface area is 192 Å². The van der Waals surface area contributed by atoms with Crippen LogP contribution in [0.25, 0.3) is 0 Å². The first-order valence-corrected chi connectivity index (χ1v) is 10.5. The Balaban J connectivity index is 5.58. The quantitative estimate of drug-likeness (QED) is 0.143. The van der Waals surface area contributed by atoms with E-state index in [9.17, 15) is 33.9 Å². The smallest absolute Gasteiger partial charge is 0.326 e. The van der Waals surface area contributed by atoms with Crippen LogP contribution in [0.15, 0.2) is 0 Å². The number of rotatable bonds is 15. The molecule has 4 unspecified atom stereocenters. The van der Waals surface area contributed by atoms with Gasteiger partial charge in [0.15, 0.2) is 0 Å². The summed E-state index contributed by atoms with van der Waals surface area (Å²) < 4.78 is 0. The molecule has 0 aliphatic heterocycles. The van der Waals surface area contributed by atoms with E-state index in [4.69, 9.17) is 16.6 Å². The second-order valence-corrected chi connectivity index (χ2v) is 8.53. The van der Waals surface area contributed by atoms with Crippen molar-refractivity contribution in [1.82, 2.24) is 16.0 Å². The van der Waals surface area contributed by atoms with E-state index in [-0.39, 0.29) is 12.3 Å². The molecular weight excluding hydrogens is 438 g/mol. The maximum absolute atomic E-state index is 12.8. The number of carboxylic acids is 2. The van der Waals surface area contributed by atoms with Crippen molar-refractivity contribution in [3.8, 4) is 0 Å². The van der Waals surface area contributed by atoms with E-state index >= 15 is 0 Å². The summed E-state index contributed by atoms with van der Waals surface area (Å²) in [7, 11) is 0. The maximum Gasteiger partial charge on any atom is 0.326 e. The third-order valence-corrected chi connectivity index (χ3v) is 4.61. The number of hydrogen-bond donors (Lipinski definition) is 7. The summed E-state index contributed by atoms with van der Waals surface area (Å²) in [4.78, 5) is 71.4. The number of nitrogens with two attached hydrogens (primary N) is 2. The van der Waals surface area contributed by atoms with Gasteiger partial charge < -0.3 is 37.6 Å². The van der Waals surface area contributed by atoms with Gasteiger partial charge in [0.2, 0.25) is 23.6 Å². The van der Waals surface area contributed by atoms with Crippen LogP contribution in [0.3, 0.4) is 0 Å². The molecule has 0 heterocycles. The Kier molecular flexibility index (Phi) is 12.7. The van der Waals surface area contributed by atoms with Gasteiger partial charge in [0.25, 0.3) is 0 Å². The number of carbonyl (C=O) groups is 6. The molecule has 0 aromatic carbocycles. The van der Waals surface area contributed by atoms with Gasteiger partial charge in [0.05, 0.1) is 12.5 Å². The van der Waals surface area contributed by atoms with Crippen LogP contribution < -0.4 is 27.4 Å². The first kappa shape index (κ1) is 29.8. The van der Waals surface area contributed by atoms with Crippen LogP contribution in [-0.4, -0.2) is 69.9 Å². The molecule has 0 spiro atoms. The molecule has 0 aliphatic carbocycles. The molecule has 4 atom stereocenters. The van der Waals surface area contributed by atoms with Gasteiger partial charge in [-0.15, -0.1) is 0 Å². The van der Waals surface area contributed by atoms with Crippen molar-refractivity contribution in [3.05, 3.63) is 0 Å². The Morgan fingerprint density at radius 1 is 0.818 bits per heavy atom. The van der Waals surface area contributed by atoms with Crippen molar-refractivity contribution >= 4 is 35.6 Å². The molecule has 33 heavy (non-hydrogen) atoms. The van der Waals surface area contributed by atoms with Crippen molar-refractivity contribution in [2.75, 3.05) is 0 Å². The number of hydrogen-bond acceptors (Lipinski definition) is 7. The van der Waals surface area contributed by atoms with Gasteiger partial charge in [-0.3, -0.25) is 24.0 Å². The zero-order valence-electron chi connectivity index (χ0n) is 19.3. The zero-order chi connectivity index (χ0) is 25.9. The number of aliphatic carboxylic acids is 2. The van der Waals surface area contributed by atoms with Crippen LogP contribution in [0.5, 0.6) is 0 Å². The van der Waals surface area contributed by atoms with Crippen molar-refractivity contribution in [3.63, 3.8) is 0 Å². The number of amides is 4. The summed E-state index contributed by atoms with van der Waals surface area (Å²) in [6, 6.07) is -5.14. The van der Waals surface area contributed by atoms with Gasteiger partial charge in [0.1, 0.15) is 18.1 Å². The monoisotopic (exact) mass is 473 g/mol. The van der Waals surface area contributed by atoms with Crippen LogP contribution >= 0.6 is 0 Å². The van der Waals surface area contributed by atoms with E-state index in [0.29, 0.717) is 6.42 Å².